The molecule has 480 valence electrons. The zero-order valence-corrected chi connectivity index (χ0v) is 55.5. The molecule has 0 bridgehead atoms. The van der Waals surface area contributed by atoms with Gasteiger partial charge in [0.1, 0.15) is 0 Å². The number of fused-ring (bicyclic) bond motifs is 10. The summed E-state index contributed by atoms with van der Waals surface area (Å²) in [6.45, 7) is 2.14. The van der Waals surface area contributed by atoms with Gasteiger partial charge in [-0.2, -0.15) is 29.9 Å². The molecule has 0 amide bonds. The van der Waals surface area contributed by atoms with Gasteiger partial charge < -0.3 is 13.7 Å². The fourth-order valence-electron chi connectivity index (χ4n) is 13.0. The van der Waals surface area contributed by atoms with Gasteiger partial charge >= 0.3 is 0 Å². The Bertz CT molecular complexity index is 6940. The van der Waals surface area contributed by atoms with Crippen LogP contribution in [0.1, 0.15) is 19.3 Å². The number of para-hydroxylation sites is 6. The van der Waals surface area contributed by atoms with E-state index in [0.29, 0.717) is 39.9 Å². The van der Waals surface area contributed by atoms with Crippen molar-refractivity contribution in [2.45, 2.75) is 6.92 Å². The van der Waals surface area contributed by atoms with Gasteiger partial charge in [-0.05, 0) is 125 Å². The highest BCUT2D eigenvalue weighted by atomic mass is 35.5. The lowest BCUT2D eigenvalue weighted by atomic mass is 10.0. The highest BCUT2D eigenvalue weighted by Gasteiger charge is 2.21. The summed E-state index contributed by atoms with van der Waals surface area (Å²) in [5.74, 6) is 2.04. The Balaban J connectivity index is 0.000000122. The van der Waals surface area contributed by atoms with Crippen LogP contribution in [0.4, 0.5) is 0 Å². The zero-order chi connectivity index (χ0) is 76.6. The van der Waals surface area contributed by atoms with Gasteiger partial charge in [0.05, 0.1) is 46.8 Å². The Hall–Kier alpha value is -12.6. The summed E-state index contributed by atoms with van der Waals surface area (Å²) < 4.78 is 88.3. The summed E-state index contributed by atoms with van der Waals surface area (Å²) in [6.07, 6.45) is 0. The SMILES string of the molecule is Cc1ccccc1-n1c2ccccc2c2ccc(-c3nc(Cl)nc(-c4ccccc4)n3)cc21.Clc1nc(-c2ccc3c4ccccc4n(-c4ccccc4)c3c2)nc(-c2cccc3ccccc23)n1.[2H]c1c([2H])c([2H])c(-c2nc(Cl)nc(-c3ccc4c5ccccc5n(-c5c([2H])c([2H])c([2H])c([2H])c5[2H])c4c3)n2)c([2H])c1[2H]. The van der Waals surface area contributed by atoms with E-state index in [1.54, 1.807) is 34.9 Å². The molecule has 0 saturated carbocycles. The largest absolute Gasteiger partial charge is 0.309 e. The lowest BCUT2D eigenvalue weighted by molar-refractivity contribution is 1.06. The Morgan fingerprint density at radius 3 is 1.18 bits per heavy atom. The molecule has 0 N–H and O–H groups in total. The van der Waals surface area contributed by atoms with Crippen molar-refractivity contribution in [2.75, 3.05) is 0 Å². The van der Waals surface area contributed by atoms with Gasteiger partial charge in [-0.15, -0.1) is 0 Å². The van der Waals surface area contributed by atoms with Gasteiger partial charge in [0.15, 0.2) is 34.9 Å². The number of rotatable bonds is 9. The van der Waals surface area contributed by atoms with Crippen LogP contribution in [0.5, 0.6) is 0 Å². The van der Waals surface area contributed by atoms with E-state index in [2.05, 4.69) is 203 Å². The predicted molar refractivity (Wildman–Crippen MR) is 412 cm³/mol. The summed E-state index contributed by atoms with van der Waals surface area (Å²) in [5.41, 5.74) is 12.8. The summed E-state index contributed by atoms with van der Waals surface area (Å²) in [5, 5.41) is 8.56. The van der Waals surface area contributed by atoms with Crippen molar-refractivity contribution in [3.05, 3.63) is 337 Å². The van der Waals surface area contributed by atoms with Gasteiger partial charge in [0.2, 0.25) is 15.9 Å². The van der Waals surface area contributed by atoms with Crippen LogP contribution in [-0.2, 0) is 0 Å². The molecule has 101 heavy (non-hydrogen) atoms. The van der Waals surface area contributed by atoms with Gasteiger partial charge in [0, 0.05) is 82.8 Å². The standard InChI is InChI=1S/C31H19ClN4.C28H19ClN4.C27H17ClN4/c32-31-34-29(33-30(35-31)26-15-8-10-20-9-4-5-13-23(20)26)21-17-18-25-24-14-6-7-16-27(24)36(28(25)19-21)22-11-2-1-3-12-22;1-18-9-5-7-13-23(18)33-24-14-8-6-12-21(24)22-16-15-20(17-25(22)33)27-30-26(31-28(29)32-27)19-10-3-2-4-11-19;28-27-30-25(18-9-3-1-4-10-18)29-26(31-27)19-15-16-22-21-13-7-8-14-23(21)32(24(22)17-19)20-11-5-2-6-12-20/h1-19H;2-17H,1H3;1-17H/i;;1D,2D,3D,4D,5D,6D,9D,10D,11D,12D. The van der Waals surface area contributed by atoms with E-state index in [9.17, 15) is 0 Å². The van der Waals surface area contributed by atoms with Gasteiger partial charge in [0.25, 0.3) is 0 Å². The third kappa shape index (κ3) is 11.9. The van der Waals surface area contributed by atoms with Crippen LogP contribution in [0, 0.1) is 6.92 Å². The molecule has 0 radical (unpaired) electrons. The smallest absolute Gasteiger partial charge is 0.226 e. The molecular weight excluding hydrogens is 1310 g/mol. The molecule has 0 spiro atoms. The van der Waals surface area contributed by atoms with Crippen LogP contribution < -0.4 is 0 Å². The van der Waals surface area contributed by atoms with E-state index in [4.69, 9.17) is 58.5 Å². The van der Waals surface area contributed by atoms with Crippen molar-refractivity contribution < 1.29 is 13.7 Å². The average molecular weight is 1370 g/mol. The average Bonchev–Trinajstić information content (AvgIpc) is 1.61. The Labute approximate surface area is 608 Å². The normalized spacial score (nSPS) is 12.8. The second-order valence-corrected chi connectivity index (χ2v) is 24.5. The van der Waals surface area contributed by atoms with Crippen molar-refractivity contribution in [3.63, 3.8) is 0 Å². The molecule has 6 heterocycles. The van der Waals surface area contributed by atoms with E-state index in [1.165, 1.54) is 27.1 Å². The second-order valence-electron chi connectivity index (χ2n) is 23.5. The Morgan fingerprint density at radius 2 is 0.644 bits per heavy atom. The molecule has 0 saturated heterocycles. The first-order valence-corrected chi connectivity index (χ1v) is 33.2. The minimum absolute atomic E-state index is 0.0298. The number of benzene rings is 13. The molecule has 0 aliphatic heterocycles. The fraction of sp³-hybridized carbons (Fsp3) is 0.0116. The quantitative estimate of drug-likeness (QED) is 0.139. The Kier molecular flexibility index (Phi) is 13.6. The molecular formula is C86H55Cl3N12. The number of hydrogen-bond donors (Lipinski definition) is 0. The maximum absolute atomic E-state index is 8.60. The minimum Gasteiger partial charge on any atom is -0.309 e. The van der Waals surface area contributed by atoms with Crippen LogP contribution in [0.15, 0.2) is 315 Å². The maximum Gasteiger partial charge on any atom is 0.226 e. The summed E-state index contributed by atoms with van der Waals surface area (Å²) in [4.78, 5) is 40.0. The van der Waals surface area contributed by atoms with Crippen LogP contribution >= 0.6 is 34.8 Å². The number of hydrogen-bond acceptors (Lipinski definition) is 9. The van der Waals surface area contributed by atoms with Crippen LogP contribution in [0.2, 0.25) is 15.9 Å². The lowest BCUT2D eigenvalue weighted by Crippen LogP contribution is -1.98. The fourth-order valence-corrected chi connectivity index (χ4v) is 13.5. The van der Waals surface area contributed by atoms with Gasteiger partial charge in [-0.1, -0.05) is 249 Å². The topological polar surface area (TPSA) is 131 Å². The first kappa shape index (κ1) is 51.6. The third-order valence-electron chi connectivity index (χ3n) is 17.5. The molecule has 19 aromatic rings. The summed E-state index contributed by atoms with van der Waals surface area (Å²) >= 11 is 19.0. The van der Waals surface area contributed by atoms with E-state index < -0.39 is 48.3 Å². The third-order valence-corrected chi connectivity index (χ3v) is 18.0. The number of nitrogens with zero attached hydrogens (tertiary/aromatic N) is 12. The van der Waals surface area contributed by atoms with E-state index in [0.717, 1.165) is 77.2 Å². The van der Waals surface area contributed by atoms with Crippen molar-refractivity contribution in [1.82, 2.24) is 58.6 Å². The number of halogens is 3. The molecule has 0 aliphatic rings. The zero-order valence-electron chi connectivity index (χ0n) is 63.2. The highest BCUT2D eigenvalue weighted by Crippen LogP contribution is 2.39. The molecule has 0 aliphatic carbocycles. The highest BCUT2D eigenvalue weighted by molar-refractivity contribution is 6.29. The molecule has 12 nitrogen and oxygen atoms in total. The first-order valence-electron chi connectivity index (χ1n) is 37.0. The molecule has 0 fully saturated rings. The lowest BCUT2D eigenvalue weighted by Gasteiger charge is -2.11. The Morgan fingerprint density at radius 1 is 0.267 bits per heavy atom. The minimum atomic E-state index is -0.556. The van der Waals surface area contributed by atoms with Crippen LogP contribution in [0.3, 0.4) is 0 Å². The van der Waals surface area contributed by atoms with E-state index >= 15 is 0 Å². The molecule has 19 rings (SSSR count). The van der Waals surface area contributed by atoms with Gasteiger partial charge in [-0.25, -0.2) is 15.0 Å². The molecule has 0 unspecified atom stereocenters. The molecule has 6 aromatic heterocycles. The molecule has 15 heteroatoms. The molecule has 0 atom stereocenters. The second kappa shape index (κ2) is 26.7. The monoisotopic (exact) mass is 1370 g/mol. The van der Waals surface area contributed by atoms with Crippen molar-refractivity contribution >= 4 is 111 Å². The summed E-state index contributed by atoms with van der Waals surface area (Å²) in [7, 11) is 0. The van der Waals surface area contributed by atoms with Crippen LogP contribution in [0.25, 0.3) is 162 Å². The maximum atomic E-state index is 8.60. The van der Waals surface area contributed by atoms with Crippen molar-refractivity contribution in [1.29, 1.82) is 0 Å². The number of aryl methyl sites for hydroxylation is 1. The summed E-state index contributed by atoms with van der Waals surface area (Å²) in [6, 6.07) is 80.2. The predicted octanol–water partition coefficient (Wildman–Crippen LogP) is 22.3. The van der Waals surface area contributed by atoms with Crippen molar-refractivity contribution in [2.24, 2.45) is 0 Å². The number of aromatic nitrogens is 12. The molecule has 13 aromatic carbocycles. The van der Waals surface area contributed by atoms with Crippen molar-refractivity contribution in [3.8, 4) is 85.4 Å². The van der Waals surface area contributed by atoms with Gasteiger partial charge in [-0.3, -0.25) is 0 Å². The first-order chi connectivity index (χ1) is 53.9. The van der Waals surface area contributed by atoms with E-state index in [-0.39, 0.29) is 50.8 Å². The van der Waals surface area contributed by atoms with Crippen LogP contribution in [-0.4, -0.2) is 58.6 Å². The van der Waals surface area contributed by atoms with E-state index in [1.807, 2.05) is 72.8 Å².